The Hall–Kier alpha value is -3.03. The third-order valence-corrected chi connectivity index (χ3v) is 6.31. The van der Waals surface area contributed by atoms with Crippen LogP contribution < -0.4 is 9.47 Å². The van der Waals surface area contributed by atoms with Crippen molar-refractivity contribution in [3.05, 3.63) is 98.9 Å². The van der Waals surface area contributed by atoms with E-state index in [0.29, 0.717) is 28.6 Å². The van der Waals surface area contributed by atoms with Gasteiger partial charge in [0.15, 0.2) is 11.5 Å². The topological polar surface area (TPSA) is 55.8 Å². The number of rotatable bonds is 7. The van der Waals surface area contributed by atoms with Crippen LogP contribution in [0.25, 0.3) is 6.08 Å². The molecule has 4 rings (SSSR count). The SMILES string of the molecule is COc1cccc(/C=C2\SC(=O)N(Cc3ccccc3)C2=O)c1OCc1ccc(Br)cc1. The Kier molecular flexibility index (Phi) is 6.97. The average Bonchev–Trinajstić information content (AvgIpc) is 3.07. The molecule has 32 heavy (non-hydrogen) atoms. The molecule has 7 heteroatoms. The summed E-state index contributed by atoms with van der Waals surface area (Å²) in [6.07, 6.45) is 1.69. The molecule has 3 aromatic rings. The third-order valence-electron chi connectivity index (χ3n) is 4.87. The van der Waals surface area contributed by atoms with Crippen molar-refractivity contribution in [1.29, 1.82) is 0 Å². The lowest BCUT2D eigenvalue weighted by Gasteiger charge is -2.14. The summed E-state index contributed by atoms with van der Waals surface area (Å²) in [5.74, 6) is 0.762. The van der Waals surface area contributed by atoms with Crippen LogP contribution in [-0.2, 0) is 17.9 Å². The van der Waals surface area contributed by atoms with Crippen LogP contribution in [0.2, 0.25) is 0 Å². The molecule has 2 amide bonds. The van der Waals surface area contributed by atoms with Gasteiger partial charge in [-0.3, -0.25) is 14.5 Å². The first kappa shape index (κ1) is 22.2. The van der Waals surface area contributed by atoms with Crippen molar-refractivity contribution in [2.45, 2.75) is 13.2 Å². The van der Waals surface area contributed by atoms with Crippen molar-refractivity contribution < 1.29 is 19.1 Å². The highest BCUT2D eigenvalue weighted by molar-refractivity contribution is 9.10. The van der Waals surface area contributed by atoms with Crippen LogP contribution in [0.4, 0.5) is 4.79 Å². The Morgan fingerprint density at radius 1 is 0.938 bits per heavy atom. The van der Waals surface area contributed by atoms with Gasteiger partial charge in [0.05, 0.1) is 18.6 Å². The smallest absolute Gasteiger partial charge is 0.293 e. The van der Waals surface area contributed by atoms with E-state index in [1.54, 1.807) is 19.3 Å². The van der Waals surface area contributed by atoms with Gasteiger partial charge in [-0.2, -0.15) is 0 Å². The van der Waals surface area contributed by atoms with Crippen LogP contribution in [0, 0.1) is 0 Å². The molecule has 162 valence electrons. The molecule has 0 radical (unpaired) electrons. The summed E-state index contributed by atoms with van der Waals surface area (Å²) >= 11 is 4.36. The molecule has 0 atom stereocenters. The van der Waals surface area contributed by atoms with E-state index in [2.05, 4.69) is 15.9 Å². The number of nitrogens with zero attached hydrogens (tertiary/aromatic N) is 1. The molecule has 0 aliphatic carbocycles. The highest BCUT2D eigenvalue weighted by Gasteiger charge is 2.35. The van der Waals surface area contributed by atoms with Gasteiger partial charge in [-0.25, -0.2) is 0 Å². The lowest BCUT2D eigenvalue weighted by Crippen LogP contribution is -2.27. The fourth-order valence-electron chi connectivity index (χ4n) is 3.24. The quantitative estimate of drug-likeness (QED) is 0.351. The van der Waals surface area contributed by atoms with Crippen molar-refractivity contribution in [1.82, 2.24) is 4.90 Å². The van der Waals surface area contributed by atoms with Gasteiger partial charge in [0.25, 0.3) is 11.1 Å². The zero-order valence-electron chi connectivity index (χ0n) is 17.3. The van der Waals surface area contributed by atoms with E-state index in [0.717, 1.165) is 27.4 Å². The van der Waals surface area contributed by atoms with Crippen molar-refractivity contribution >= 4 is 44.9 Å². The zero-order valence-corrected chi connectivity index (χ0v) is 19.7. The molecule has 0 saturated carbocycles. The first-order chi connectivity index (χ1) is 15.5. The predicted octanol–water partition coefficient (Wildman–Crippen LogP) is 6.27. The first-order valence-corrected chi connectivity index (χ1v) is 11.5. The molecule has 0 aromatic heterocycles. The van der Waals surface area contributed by atoms with E-state index in [9.17, 15) is 9.59 Å². The van der Waals surface area contributed by atoms with Crippen LogP contribution >= 0.6 is 27.7 Å². The third kappa shape index (κ3) is 5.06. The van der Waals surface area contributed by atoms with Gasteiger partial charge in [0.2, 0.25) is 0 Å². The zero-order chi connectivity index (χ0) is 22.5. The molecular formula is C25H20BrNO4S. The summed E-state index contributed by atoms with van der Waals surface area (Å²) in [5, 5.41) is -0.287. The molecule has 1 aliphatic heterocycles. The minimum absolute atomic E-state index is 0.244. The second-order valence-corrected chi connectivity index (χ2v) is 8.96. The van der Waals surface area contributed by atoms with Crippen LogP contribution in [0.15, 0.2) is 82.2 Å². The fraction of sp³-hybridized carbons (Fsp3) is 0.120. The van der Waals surface area contributed by atoms with E-state index in [-0.39, 0.29) is 17.7 Å². The number of benzene rings is 3. The number of hydrogen-bond acceptors (Lipinski definition) is 5. The highest BCUT2D eigenvalue weighted by Crippen LogP contribution is 2.38. The average molecular weight is 510 g/mol. The largest absolute Gasteiger partial charge is 0.493 e. The van der Waals surface area contributed by atoms with Crippen LogP contribution in [0.1, 0.15) is 16.7 Å². The van der Waals surface area contributed by atoms with E-state index in [1.807, 2.05) is 66.7 Å². The van der Waals surface area contributed by atoms with Crippen LogP contribution in [0.5, 0.6) is 11.5 Å². The van der Waals surface area contributed by atoms with Crippen LogP contribution in [-0.4, -0.2) is 23.2 Å². The number of hydrogen-bond donors (Lipinski definition) is 0. The minimum atomic E-state index is -0.314. The van der Waals surface area contributed by atoms with Crippen molar-refractivity contribution in [2.24, 2.45) is 0 Å². The van der Waals surface area contributed by atoms with Gasteiger partial charge in [-0.15, -0.1) is 0 Å². The molecule has 1 saturated heterocycles. The number of imide groups is 1. The number of thioether (sulfide) groups is 1. The first-order valence-electron chi connectivity index (χ1n) is 9.88. The maximum absolute atomic E-state index is 12.9. The summed E-state index contributed by atoms with van der Waals surface area (Å²) in [6.45, 7) is 0.581. The Labute approximate surface area is 199 Å². The normalized spacial score (nSPS) is 14.8. The Morgan fingerprint density at radius 3 is 2.41 bits per heavy atom. The van der Waals surface area contributed by atoms with E-state index >= 15 is 0 Å². The minimum Gasteiger partial charge on any atom is -0.493 e. The molecule has 1 aliphatic rings. The predicted molar refractivity (Wildman–Crippen MR) is 129 cm³/mol. The second-order valence-electron chi connectivity index (χ2n) is 7.05. The Morgan fingerprint density at radius 2 is 1.69 bits per heavy atom. The molecular weight excluding hydrogens is 490 g/mol. The maximum Gasteiger partial charge on any atom is 0.293 e. The summed E-state index contributed by atoms with van der Waals surface area (Å²) in [4.78, 5) is 27.1. The molecule has 5 nitrogen and oxygen atoms in total. The van der Waals surface area contributed by atoms with Gasteiger partial charge < -0.3 is 9.47 Å². The van der Waals surface area contributed by atoms with Crippen molar-refractivity contribution in [3.63, 3.8) is 0 Å². The monoisotopic (exact) mass is 509 g/mol. The number of halogens is 1. The summed E-state index contributed by atoms with van der Waals surface area (Å²) in [6, 6.07) is 22.7. The summed E-state index contributed by atoms with van der Waals surface area (Å²) < 4.78 is 12.5. The summed E-state index contributed by atoms with van der Waals surface area (Å²) in [7, 11) is 1.57. The van der Waals surface area contributed by atoms with Gasteiger partial charge >= 0.3 is 0 Å². The highest BCUT2D eigenvalue weighted by atomic mass is 79.9. The molecule has 0 bridgehead atoms. The van der Waals surface area contributed by atoms with E-state index < -0.39 is 0 Å². The van der Waals surface area contributed by atoms with Gasteiger partial charge in [-0.05, 0) is 47.2 Å². The lowest BCUT2D eigenvalue weighted by molar-refractivity contribution is -0.123. The molecule has 0 spiro atoms. The number of para-hydroxylation sites is 1. The van der Waals surface area contributed by atoms with Crippen molar-refractivity contribution in [2.75, 3.05) is 7.11 Å². The van der Waals surface area contributed by atoms with Gasteiger partial charge in [-0.1, -0.05) is 70.5 Å². The van der Waals surface area contributed by atoms with E-state index in [1.165, 1.54) is 4.90 Å². The summed E-state index contributed by atoms with van der Waals surface area (Å²) in [5.41, 5.74) is 2.57. The fourth-order valence-corrected chi connectivity index (χ4v) is 4.33. The van der Waals surface area contributed by atoms with Crippen molar-refractivity contribution in [3.8, 4) is 11.5 Å². The molecule has 1 fully saturated rings. The maximum atomic E-state index is 12.9. The number of ether oxygens (including phenoxy) is 2. The van der Waals surface area contributed by atoms with Crippen LogP contribution in [0.3, 0.4) is 0 Å². The second kappa shape index (κ2) is 10.1. The number of carbonyl (C=O) groups is 2. The Balaban J connectivity index is 1.58. The molecule has 0 unspecified atom stereocenters. The number of carbonyl (C=O) groups excluding carboxylic acids is 2. The number of amides is 2. The lowest BCUT2D eigenvalue weighted by atomic mass is 10.1. The van der Waals surface area contributed by atoms with E-state index in [4.69, 9.17) is 9.47 Å². The van der Waals surface area contributed by atoms with Gasteiger partial charge in [0.1, 0.15) is 6.61 Å². The molecule has 3 aromatic carbocycles. The number of methoxy groups -OCH3 is 1. The standard InChI is InChI=1S/C25H20BrNO4S/c1-30-21-9-5-8-19(23(21)31-16-18-10-12-20(26)13-11-18)14-22-24(28)27(25(29)32-22)15-17-6-3-2-4-7-17/h2-14H,15-16H2,1H3/b22-14-. The molecule has 0 N–H and O–H groups in total. The Bertz CT molecular complexity index is 1160. The molecule has 1 heterocycles. The van der Waals surface area contributed by atoms with Gasteiger partial charge in [0, 0.05) is 10.0 Å².